The van der Waals surface area contributed by atoms with E-state index in [4.69, 9.17) is 4.42 Å². The van der Waals surface area contributed by atoms with Crippen LogP contribution >= 0.6 is 0 Å². The minimum Gasteiger partial charge on any atom is -0.459 e. The number of amides is 2. The number of nitrogens with zero attached hydrogens (tertiary/aromatic N) is 1. The van der Waals surface area contributed by atoms with Crippen molar-refractivity contribution in [3.63, 3.8) is 0 Å². The molecule has 1 aromatic heterocycles. The van der Waals surface area contributed by atoms with Gasteiger partial charge in [-0.15, -0.1) is 0 Å². The van der Waals surface area contributed by atoms with E-state index < -0.39 is 0 Å². The Labute approximate surface area is 204 Å². The number of nitrogens with one attached hydrogen (secondary N) is 2. The summed E-state index contributed by atoms with van der Waals surface area (Å²) in [5.74, 6) is -0.301. The Hall–Kier alpha value is -4.32. The monoisotopic (exact) mass is 465 g/mol. The molecule has 35 heavy (non-hydrogen) atoms. The third kappa shape index (κ3) is 5.27. The highest BCUT2D eigenvalue weighted by Gasteiger charge is 2.22. The lowest BCUT2D eigenvalue weighted by molar-refractivity contribution is 0.0952. The van der Waals surface area contributed by atoms with Crippen molar-refractivity contribution >= 4 is 23.2 Å². The maximum Gasteiger partial charge on any atom is 0.291 e. The molecule has 6 heteroatoms. The normalized spacial score (nSPS) is 12.6. The van der Waals surface area contributed by atoms with Crippen LogP contribution in [0.25, 0.3) is 0 Å². The fraction of sp³-hybridized carbons (Fsp3) is 0.172. The van der Waals surface area contributed by atoms with E-state index in [9.17, 15) is 9.59 Å². The molecule has 0 saturated heterocycles. The summed E-state index contributed by atoms with van der Waals surface area (Å²) in [6.07, 6.45) is 3.12. The van der Waals surface area contributed by atoms with Gasteiger partial charge in [0.05, 0.1) is 11.8 Å². The van der Waals surface area contributed by atoms with Crippen LogP contribution < -0.4 is 15.5 Å². The zero-order valence-electron chi connectivity index (χ0n) is 19.4. The third-order valence-electron chi connectivity index (χ3n) is 6.26. The number of rotatable bonds is 7. The van der Waals surface area contributed by atoms with Crippen molar-refractivity contribution in [3.8, 4) is 0 Å². The van der Waals surface area contributed by atoms with Crippen molar-refractivity contribution in [1.82, 2.24) is 5.32 Å². The first-order valence-corrected chi connectivity index (χ1v) is 11.8. The quantitative estimate of drug-likeness (QED) is 0.400. The number of carbonyl (C=O) groups is 2. The van der Waals surface area contributed by atoms with Gasteiger partial charge in [0, 0.05) is 31.0 Å². The maximum absolute atomic E-state index is 13.3. The molecule has 0 atom stereocenters. The smallest absolute Gasteiger partial charge is 0.291 e. The lowest BCUT2D eigenvalue weighted by Crippen LogP contribution is -2.33. The molecule has 4 aromatic rings. The van der Waals surface area contributed by atoms with E-state index in [2.05, 4.69) is 33.7 Å². The van der Waals surface area contributed by atoms with Crippen LogP contribution in [-0.4, -0.2) is 24.9 Å². The van der Waals surface area contributed by atoms with Gasteiger partial charge in [0.2, 0.25) is 0 Å². The van der Waals surface area contributed by atoms with Gasteiger partial charge in [-0.1, -0.05) is 54.6 Å². The Kier molecular flexibility index (Phi) is 6.61. The third-order valence-corrected chi connectivity index (χ3v) is 6.26. The molecule has 1 aliphatic heterocycles. The van der Waals surface area contributed by atoms with E-state index in [0.29, 0.717) is 17.8 Å². The molecule has 0 fully saturated rings. The van der Waals surface area contributed by atoms with Crippen LogP contribution in [0.4, 0.5) is 11.4 Å². The van der Waals surface area contributed by atoms with Gasteiger partial charge in [-0.05, 0) is 59.9 Å². The van der Waals surface area contributed by atoms with E-state index in [1.807, 2.05) is 48.5 Å². The van der Waals surface area contributed by atoms with Crippen molar-refractivity contribution in [2.45, 2.75) is 19.4 Å². The molecule has 0 unspecified atom stereocenters. The van der Waals surface area contributed by atoms with Gasteiger partial charge in [0.15, 0.2) is 5.76 Å². The van der Waals surface area contributed by atoms with E-state index >= 15 is 0 Å². The molecule has 5 rings (SSSR count). The lowest BCUT2D eigenvalue weighted by atomic mass is 9.98. The molecule has 0 radical (unpaired) electrons. The molecule has 2 heterocycles. The molecule has 0 bridgehead atoms. The number of carbonyl (C=O) groups excluding carboxylic acids is 2. The molecule has 1 aliphatic rings. The summed E-state index contributed by atoms with van der Waals surface area (Å²) in [6, 6.07) is 27.2. The van der Waals surface area contributed by atoms with E-state index in [0.717, 1.165) is 31.6 Å². The molecule has 3 aromatic carbocycles. The second-order valence-electron chi connectivity index (χ2n) is 8.60. The first kappa shape index (κ1) is 22.5. The zero-order chi connectivity index (χ0) is 24.0. The van der Waals surface area contributed by atoms with Crippen molar-refractivity contribution < 1.29 is 14.0 Å². The second-order valence-corrected chi connectivity index (χ2v) is 8.60. The Morgan fingerprint density at radius 3 is 2.46 bits per heavy atom. The maximum atomic E-state index is 13.3. The summed E-state index contributed by atoms with van der Waals surface area (Å²) >= 11 is 0. The van der Waals surface area contributed by atoms with Gasteiger partial charge < -0.3 is 20.0 Å². The van der Waals surface area contributed by atoms with Crippen LogP contribution in [0.2, 0.25) is 0 Å². The van der Waals surface area contributed by atoms with Gasteiger partial charge in [-0.3, -0.25) is 9.59 Å². The highest BCUT2D eigenvalue weighted by molar-refractivity contribution is 6.05. The number of furan rings is 1. The topological polar surface area (TPSA) is 74.6 Å². The predicted molar refractivity (Wildman–Crippen MR) is 137 cm³/mol. The number of benzene rings is 3. The Morgan fingerprint density at radius 1 is 0.857 bits per heavy atom. The summed E-state index contributed by atoms with van der Waals surface area (Å²) in [7, 11) is 0. The summed E-state index contributed by atoms with van der Waals surface area (Å²) in [6.45, 7) is 2.08. The summed E-state index contributed by atoms with van der Waals surface area (Å²) in [5, 5.41) is 5.89. The number of anilines is 2. The molecular formula is C29H27N3O3. The van der Waals surface area contributed by atoms with Crippen molar-refractivity contribution in [2.75, 3.05) is 23.3 Å². The van der Waals surface area contributed by atoms with E-state index in [1.165, 1.54) is 23.0 Å². The fourth-order valence-electron chi connectivity index (χ4n) is 4.43. The van der Waals surface area contributed by atoms with Crippen LogP contribution in [-0.2, 0) is 19.4 Å². The van der Waals surface area contributed by atoms with Crippen LogP contribution in [0.15, 0.2) is 95.6 Å². The summed E-state index contributed by atoms with van der Waals surface area (Å²) < 4.78 is 5.19. The van der Waals surface area contributed by atoms with Gasteiger partial charge in [-0.2, -0.15) is 0 Å². The summed E-state index contributed by atoms with van der Waals surface area (Å²) in [5.41, 5.74) is 5.72. The average Bonchev–Trinajstić information content (AvgIpc) is 3.44. The molecule has 0 spiro atoms. The molecule has 0 aliphatic carbocycles. The summed E-state index contributed by atoms with van der Waals surface area (Å²) in [4.78, 5) is 28.1. The minimum atomic E-state index is -0.356. The molecule has 6 nitrogen and oxygen atoms in total. The molecule has 0 saturated carbocycles. The highest BCUT2D eigenvalue weighted by atomic mass is 16.3. The number of hydrogen-bond donors (Lipinski definition) is 2. The van der Waals surface area contributed by atoms with Gasteiger partial charge in [0.1, 0.15) is 0 Å². The van der Waals surface area contributed by atoms with Crippen LogP contribution in [0.1, 0.15) is 37.6 Å². The predicted octanol–water partition coefficient (Wildman–Crippen LogP) is 5.07. The van der Waals surface area contributed by atoms with E-state index in [1.54, 1.807) is 18.2 Å². The molecule has 2 N–H and O–H groups in total. The first-order valence-electron chi connectivity index (χ1n) is 11.8. The zero-order valence-corrected chi connectivity index (χ0v) is 19.4. The van der Waals surface area contributed by atoms with Crippen LogP contribution in [0, 0.1) is 0 Å². The highest BCUT2D eigenvalue weighted by Crippen LogP contribution is 2.30. The molecule has 2 amide bonds. The first-order chi connectivity index (χ1) is 17.2. The van der Waals surface area contributed by atoms with E-state index in [-0.39, 0.29) is 17.6 Å². The Bertz CT molecular complexity index is 1320. The van der Waals surface area contributed by atoms with Gasteiger partial charge in [0.25, 0.3) is 11.8 Å². The van der Waals surface area contributed by atoms with Crippen LogP contribution in [0.5, 0.6) is 0 Å². The molecule has 176 valence electrons. The Morgan fingerprint density at radius 2 is 1.66 bits per heavy atom. The van der Waals surface area contributed by atoms with Crippen molar-refractivity contribution in [3.05, 3.63) is 119 Å². The second kappa shape index (κ2) is 10.3. The van der Waals surface area contributed by atoms with Crippen LogP contribution in [0.3, 0.4) is 0 Å². The largest absolute Gasteiger partial charge is 0.459 e. The van der Waals surface area contributed by atoms with Crippen molar-refractivity contribution in [1.29, 1.82) is 0 Å². The average molecular weight is 466 g/mol. The number of hydrogen-bond acceptors (Lipinski definition) is 4. The fourth-order valence-corrected chi connectivity index (χ4v) is 4.43. The SMILES string of the molecule is O=C(Nc1ccc(N2CCc3ccccc3C2)c(C(=O)NCCc2ccccc2)c1)c1ccco1. The minimum absolute atomic E-state index is 0.163. The van der Waals surface area contributed by atoms with Gasteiger partial charge in [-0.25, -0.2) is 0 Å². The standard InChI is InChI=1S/C29H27N3O3/c33-28(30-16-14-21-7-2-1-3-8-21)25-19-24(31-29(34)27-11-6-18-35-27)12-13-26(25)32-17-15-22-9-4-5-10-23(22)20-32/h1-13,18-19H,14-17,20H2,(H,30,33)(H,31,34). The van der Waals surface area contributed by atoms with Gasteiger partial charge >= 0.3 is 0 Å². The molecular weight excluding hydrogens is 438 g/mol. The Balaban J connectivity index is 1.38. The van der Waals surface area contributed by atoms with Crippen molar-refractivity contribution in [2.24, 2.45) is 0 Å². The number of fused-ring (bicyclic) bond motifs is 1. The lowest BCUT2D eigenvalue weighted by Gasteiger charge is -2.32.